The Morgan fingerprint density at radius 1 is 1.38 bits per heavy atom. The topological polar surface area (TPSA) is 38.5 Å². The van der Waals surface area contributed by atoms with Crippen molar-refractivity contribution in [3.8, 4) is 5.75 Å². The van der Waals surface area contributed by atoms with Crippen LogP contribution in [-0.2, 0) is 0 Å². The summed E-state index contributed by atoms with van der Waals surface area (Å²) in [6.45, 7) is 1.92. The smallest absolute Gasteiger partial charge is 0.142 e. The van der Waals surface area contributed by atoms with Crippen molar-refractivity contribution < 1.29 is 4.74 Å². The fourth-order valence-electron chi connectivity index (χ4n) is 2.15. The van der Waals surface area contributed by atoms with E-state index >= 15 is 0 Å². The molecule has 0 amide bonds. The van der Waals surface area contributed by atoms with Crippen LogP contribution in [0.25, 0.3) is 0 Å². The lowest BCUT2D eigenvalue weighted by molar-refractivity contribution is 0.125. The number of benzene rings is 1. The number of hydrogen-bond donors (Lipinski definition) is 1. The second-order valence-electron chi connectivity index (χ2n) is 4.48. The number of para-hydroxylation sites is 2. The molecule has 0 radical (unpaired) electrons. The van der Waals surface area contributed by atoms with Crippen molar-refractivity contribution in [3.63, 3.8) is 0 Å². The van der Waals surface area contributed by atoms with E-state index in [4.69, 9.17) is 10.5 Å². The molecule has 3 nitrogen and oxygen atoms in total. The number of likely N-dealkylation sites (N-methyl/N-ethyl adjacent to an activating group) is 1. The molecule has 2 rings (SSSR count). The third-order valence-corrected chi connectivity index (χ3v) is 3.27. The number of ether oxygens (including phenoxy) is 1. The van der Waals surface area contributed by atoms with E-state index in [1.165, 1.54) is 25.8 Å². The predicted molar refractivity (Wildman–Crippen MR) is 66.6 cm³/mol. The predicted octanol–water partition coefficient (Wildman–Crippen LogP) is 2.13. The summed E-state index contributed by atoms with van der Waals surface area (Å²) in [4.78, 5) is 2.38. The van der Waals surface area contributed by atoms with E-state index in [1.54, 1.807) is 0 Å². The molecule has 2 N–H and O–H groups in total. The van der Waals surface area contributed by atoms with Crippen molar-refractivity contribution in [1.82, 2.24) is 4.90 Å². The fourth-order valence-corrected chi connectivity index (χ4v) is 2.15. The number of rotatable bonds is 3. The molecule has 3 heteroatoms. The van der Waals surface area contributed by atoms with E-state index in [9.17, 15) is 0 Å². The molecule has 1 atom stereocenters. The second-order valence-corrected chi connectivity index (χ2v) is 4.48. The molecule has 0 bridgehead atoms. The molecule has 0 spiro atoms. The number of hydrogen-bond acceptors (Lipinski definition) is 3. The van der Waals surface area contributed by atoms with E-state index in [1.807, 2.05) is 24.3 Å². The third kappa shape index (κ3) is 2.67. The molecular weight excluding hydrogens is 200 g/mol. The zero-order chi connectivity index (χ0) is 11.4. The molecule has 1 aliphatic heterocycles. The summed E-state index contributed by atoms with van der Waals surface area (Å²) in [5.41, 5.74) is 6.56. The molecule has 0 unspecified atom stereocenters. The molecular formula is C13H20N2O. The largest absolute Gasteiger partial charge is 0.490 e. The van der Waals surface area contributed by atoms with Crippen molar-refractivity contribution >= 4 is 5.69 Å². The Hall–Kier alpha value is -1.22. The lowest BCUT2D eigenvalue weighted by Crippen LogP contribution is -2.40. The summed E-state index contributed by atoms with van der Waals surface area (Å²) < 4.78 is 5.78. The average molecular weight is 220 g/mol. The highest BCUT2D eigenvalue weighted by Gasteiger charge is 2.19. The lowest BCUT2D eigenvalue weighted by atomic mass is 10.0. The second kappa shape index (κ2) is 5.21. The zero-order valence-corrected chi connectivity index (χ0v) is 9.86. The van der Waals surface area contributed by atoms with Crippen LogP contribution in [0, 0.1) is 0 Å². The quantitative estimate of drug-likeness (QED) is 0.793. The van der Waals surface area contributed by atoms with Gasteiger partial charge in [0.1, 0.15) is 12.4 Å². The van der Waals surface area contributed by atoms with Crippen molar-refractivity contribution in [2.45, 2.75) is 25.3 Å². The van der Waals surface area contributed by atoms with E-state index in [0.29, 0.717) is 6.04 Å². The van der Waals surface area contributed by atoms with Gasteiger partial charge >= 0.3 is 0 Å². The van der Waals surface area contributed by atoms with Gasteiger partial charge < -0.3 is 15.4 Å². The first-order chi connectivity index (χ1) is 7.77. The monoisotopic (exact) mass is 220 g/mol. The van der Waals surface area contributed by atoms with Crippen LogP contribution in [0.5, 0.6) is 5.75 Å². The Kier molecular flexibility index (Phi) is 3.67. The van der Waals surface area contributed by atoms with Crippen LogP contribution in [0.4, 0.5) is 5.69 Å². The van der Waals surface area contributed by atoms with Crippen LogP contribution in [0.1, 0.15) is 19.3 Å². The Morgan fingerprint density at radius 3 is 2.94 bits per heavy atom. The molecule has 1 aliphatic rings. The van der Waals surface area contributed by atoms with Crippen LogP contribution in [0.3, 0.4) is 0 Å². The first-order valence-electron chi connectivity index (χ1n) is 5.95. The molecule has 1 aromatic carbocycles. The van der Waals surface area contributed by atoms with Gasteiger partial charge in [0.25, 0.3) is 0 Å². The van der Waals surface area contributed by atoms with Crippen molar-refractivity contribution in [2.75, 3.05) is 25.9 Å². The number of nitrogens with two attached hydrogens (primary N) is 1. The molecule has 1 aromatic rings. The third-order valence-electron chi connectivity index (χ3n) is 3.27. The summed E-state index contributed by atoms with van der Waals surface area (Å²) >= 11 is 0. The van der Waals surface area contributed by atoms with Gasteiger partial charge in [-0.05, 0) is 38.6 Å². The molecule has 0 aliphatic carbocycles. The normalized spacial score (nSPS) is 21.9. The highest BCUT2D eigenvalue weighted by Crippen LogP contribution is 2.22. The van der Waals surface area contributed by atoms with Crippen molar-refractivity contribution in [3.05, 3.63) is 24.3 Å². The molecule has 1 heterocycles. The van der Waals surface area contributed by atoms with Crippen LogP contribution in [0.2, 0.25) is 0 Å². The van der Waals surface area contributed by atoms with Crippen molar-refractivity contribution in [1.29, 1.82) is 0 Å². The Morgan fingerprint density at radius 2 is 2.19 bits per heavy atom. The lowest BCUT2D eigenvalue weighted by Gasteiger charge is -2.32. The number of nitrogen functional groups attached to an aromatic ring is 1. The SMILES string of the molecule is CN1CCCC[C@H]1COc1ccccc1N. The van der Waals surface area contributed by atoms with Crippen LogP contribution in [0.15, 0.2) is 24.3 Å². The van der Waals surface area contributed by atoms with Gasteiger partial charge in [0.15, 0.2) is 0 Å². The minimum absolute atomic E-state index is 0.536. The van der Waals surface area contributed by atoms with Gasteiger partial charge in [0.05, 0.1) is 5.69 Å². The highest BCUT2D eigenvalue weighted by atomic mass is 16.5. The van der Waals surface area contributed by atoms with Gasteiger partial charge in [-0.2, -0.15) is 0 Å². The first kappa shape index (κ1) is 11.3. The van der Waals surface area contributed by atoms with Crippen LogP contribution < -0.4 is 10.5 Å². The van der Waals surface area contributed by atoms with Gasteiger partial charge in [-0.3, -0.25) is 0 Å². The summed E-state index contributed by atoms with van der Waals surface area (Å²) in [7, 11) is 2.17. The number of nitrogens with zero attached hydrogens (tertiary/aromatic N) is 1. The van der Waals surface area contributed by atoms with E-state index in [-0.39, 0.29) is 0 Å². The van der Waals surface area contributed by atoms with E-state index in [0.717, 1.165) is 18.0 Å². The first-order valence-corrected chi connectivity index (χ1v) is 5.95. The van der Waals surface area contributed by atoms with Gasteiger partial charge in [-0.15, -0.1) is 0 Å². The molecule has 0 saturated carbocycles. The van der Waals surface area contributed by atoms with Gasteiger partial charge in [-0.25, -0.2) is 0 Å². The standard InChI is InChI=1S/C13H20N2O/c1-15-9-5-4-6-11(15)10-16-13-8-3-2-7-12(13)14/h2-3,7-8,11H,4-6,9-10,14H2,1H3/t11-/m0/s1. The molecule has 1 saturated heterocycles. The molecule has 88 valence electrons. The number of likely N-dealkylation sites (tertiary alicyclic amines) is 1. The molecule has 0 aromatic heterocycles. The zero-order valence-electron chi connectivity index (χ0n) is 9.86. The van der Waals surface area contributed by atoms with Gasteiger partial charge in [0, 0.05) is 6.04 Å². The van der Waals surface area contributed by atoms with Gasteiger partial charge in [0.2, 0.25) is 0 Å². The number of anilines is 1. The summed E-state index contributed by atoms with van der Waals surface area (Å²) in [5, 5.41) is 0. The molecule has 1 fully saturated rings. The minimum atomic E-state index is 0.536. The maximum Gasteiger partial charge on any atom is 0.142 e. The maximum atomic E-state index is 5.83. The van der Waals surface area contributed by atoms with E-state index < -0.39 is 0 Å². The van der Waals surface area contributed by atoms with Crippen LogP contribution in [-0.4, -0.2) is 31.1 Å². The summed E-state index contributed by atoms with van der Waals surface area (Å²) in [6.07, 6.45) is 3.84. The number of piperidine rings is 1. The fraction of sp³-hybridized carbons (Fsp3) is 0.538. The Balaban J connectivity index is 1.89. The average Bonchev–Trinajstić information content (AvgIpc) is 2.30. The van der Waals surface area contributed by atoms with E-state index in [2.05, 4.69) is 11.9 Å². The van der Waals surface area contributed by atoms with Crippen molar-refractivity contribution in [2.24, 2.45) is 0 Å². The van der Waals surface area contributed by atoms with Gasteiger partial charge in [-0.1, -0.05) is 18.6 Å². The summed E-state index contributed by atoms with van der Waals surface area (Å²) in [5.74, 6) is 0.807. The minimum Gasteiger partial charge on any atom is -0.490 e. The molecule has 16 heavy (non-hydrogen) atoms. The maximum absolute atomic E-state index is 5.83. The Labute approximate surface area is 97.2 Å². The van der Waals surface area contributed by atoms with Crippen LogP contribution >= 0.6 is 0 Å². The summed E-state index contributed by atoms with van der Waals surface area (Å²) in [6, 6.07) is 8.22. The Bertz CT molecular complexity index is 340. The highest BCUT2D eigenvalue weighted by molar-refractivity contribution is 5.51.